The summed E-state index contributed by atoms with van der Waals surface area (Å²) >= 11 is 0. The van der Waals surface area contributed by atoms with Gasteiger partial charge in [0.1, 0.15) is 5.69 Å². The van der Waals surface area contributed by atoms with E-state index in [2.05, 4.69) is 10.3 Å². The Morgan fingerprint density at radius 1 is 1.53 bits per heavy atom. The van der Waals surface area contributed by atoms with E-state index in [1.54, 1.807) is 6.20 Å². The summed E-state index contributed by atoms with van der Waals surface area (Å²) in [5, 5.41) is 12.4. The predicted octanol–water partition coefficient (Wildman–Crippen LogP) is 1.42. The van der Waals surface area contributed by atoms with Crippen LogP contribution in [0.25, 0.3) is 0 Å². The van der Waals surface area contributed by atoms with Gasteiger partial charge in [-0.3, -0.25) is 9.78 Å². The summed E-state index contributed by atoms with van der Waals surface area (Å²) in [5.74, 6) is -0.181. The topological polar surface area (TPSA) is 62.2 Å². The van der Waals surface area contributed by atoms with Crippen molar-refractivity contribution in [2.45, 2.75) is 38.1 Å². The number of hydrogen-bond donors (Lipinski definition) is 2. The van der Waals surface area contributed by atoms with Crippen molar-refractivity contribution in [1.82, 2.24) is 10.3 Å². The molecule has 0 spiro atoms. The first-order chi connectivity index (χ1) is 8.17. The molecule has 0 radical (unpaired) electrons. The van der Waals surface area contributed by atoms with E-state index in [9.17, 15) is 9.90 Å². The van der Waals surface area contributed by atoms with E-state index in [-0.39, 0.29) is 12.5 Å². The minimum absolute atomic E-state index is 0.00458. The van der Waals surface area contributed by atoms with Crippen molar-refractivity contribution in [1.29, 1.82) is 0 Å². The predicted molar refractivity (Wildman–Crippen MR) is 64.7 cm³/mol. The number of nitrogens with zero attached hydrogens (tertiary/aromatic N) is 1. The number of amides is 1. The van der Waals surface area contributed by atoms with E-state index in [0.29, 0.717) is 5.69 Å². The van der Waals surface area contributed by atoms with Gasteiger partial charge in [0.15, 0.2) is 0 Å². The monoisotopic (exact) mass is 234 g/mol. The molecule has 1 amide bonds. The highest BCUT2D eigenvalue weighted by atomic mass is 16.3. The molecule has 0 unspecified atom stereocenters. The van der Waals surface area contributed by atoms with Crippen molar-refractivity contribution in [3.63, 3.8) is 0 Å². The van der Waals surface area contributed by atoms with Gasteiger partial charge in [0, 0.05) is 6.20 Å². The third-order valence-corrected chi connectivity index (χ3v) is 3.47. The molecule has 1 aliphatic carbocycles. The van der Waals surface area contributed by atoms with Crippen LogP contribution in [-0.4, -0.2) is 28.1 Å². The summed E-state index contributed by atoms with van der Waals surface area (Å²) in [6.45, 7) is 1.87. The first-order valence-corrected chi connectivity index (χ1v) is 6.02. The van der Waals surface area contributed by atoms with Gasteiger partial charge in [0.25, 0.3) is 5.91 Å². The highest BCUT2D eigenvalue weighted by Crippen LogP contribution is 2.29. The molecular formula is C13H18N2O2. The molecule has 1 aliphatic rings. The Hall–Kier alpha value is -1.42. The molecule has 2 rings (SSSR count). The fourth-order valence-electron chi connectivity index (χ4n) is 2.40. The highest BCUT2D eigenvalue weighted by molar-refractivity contribution is 5.94. The zero-order chi connectivity index (χ0) is 12.3. The Morgan fingerprint density at radius 2 is 2.24 bits per heavy atom. The van der Waals surface area contributed by atoms with E-state index in [1.807, 2.05) is 19.1 Å². The van der Waals surface area contributed by atoms with Crippen LogP contribution in [0.15, 0.2) is 18.3 Å². The van der Waals surface area contributed by atoms with Gasteiger partial charge in [0.2, 0.25) is 0 Å². The lowest BCUT2D eigenvalue weighted by Crippen LogP contribution is -2.49. The van der Waals surface area contributed by atoms with Gasteiger partial charge in [-0.05, 0) is 31.4 Å². The molecule has 0 atom stereocenters. The van der Waals surface area contributed by atoms with Crippen molar-refractivity contribution in [2.24, 2.45) is 0 Å². The van der Waals surface area contributed by atoms with E-state index in [0.717, 1.165) is 31.2 Å². The standard InChI is InChI=1S/C13H18N2O2/c1-10-5-4-8-14-11(10)12(17)15-13(9-16)6-2-3-7-13/h4-5,8,16H,2-3,6-7,9H2,1H3,(H,15,17). The van der Waals surface area contributed by atoms with Crippen molar-refractivity contribution in [3.05, 3.63) is 29.6 Å². The van der Waals surface area contributed by atoms with Gasteiger partial charge >= 0.3 is 0 Å². The summed E-state index contributed by atoms with van der Waals surface area (Å²) < 4.78 is 0. The number of carbonyl (C=O) groups is 1. The third kappa shape index (κ3) is 2.47. The summed E-state index contributed by atoms with van der Waals surface area (Å²) in [6, 6.07) is 3.67. The first-order valence-electron chi connectivity index (χ1n) is 6.02. The summed E-state index contributed by atoms with van der Waals surface area (Å²) in [4.78, 5) is 16.2. The quantitative estimate of drug-likeness (QED) is 0.831. The van der Waals surface area contributed by atoms with E-state index >= 15 is 0 Å². The van der Waals surface area contributed by atoms with Crippen molar-refractivity contribution >= 4 is 5.91 Å². The Labute approximate surface area is 101 Å². The number of aliphatic hydroxyl groups excluding tert-OH is 1. The molecule has 1 saturated carbocycles. The van der Waals surface area contributed by atoms with Crippen LogP contribution < -0.4 is 5.32 Å². The number of carbonyl (C=O) groups excluding carboxylic acids is 1. The molecule has 1 fully saturated rings. The number of nitrogens with one attached hydrogen (secondary N) is 1. The first kappa shape index (κ1) is 12.0. The van der Waals surface area contributed by atoms with Crippen LogP contribution in [0.3, 0.4) is 0 Å². The van der Waals surface area contributed by atoms with Gasteiger partial charge < -0.3 is 10.4 Å². The summed E-state index contributed by atoms with van der Waals surface area (Å²) in [7, 11) is 0. The molecule has 92 valence electrons. The molecule has 1 aromatic rings. The molecule has 0 aromatic carbocycles. The largest absolute Gasteiger partial charge is 0.394 e. The Balaban J connectivity index is 2.14. The second-order valence-electron chi connectivity index (χ2n) is 4.77. The van der Waals surface area contributed by atoms with E-state index in [1.165, 1.54) is 0 Å². The number of hydrogen-bond acceptors (Lipinski definition) is 3. The van der Waals surface area contributed by atoms with Crippen LogP contribution in [0.1, 0.15) is 41.7 Å². The highest BCUT2D eigenvalue weighted by Gasteiger charge is 2.35. The van der Waals surface area contributed by atoms with Crippen LogP contribution in [0.4, 0.5) is 0 Å². The Bertz CT molecular complexity index is 412. The number of aryl methyl sites for hydroxylation is 1. The second kappa shape index (κ2) is 4.84. The molecule has 2 N–H and O–H groups in total. The minimum atomic E-state index is -0.430. The van der Waals surface area contributed by atoms with Crippen LogP contribution in [0, 0.1) is 6.92 Å². The summed E-state index contributed by atoms with van der Waals surface area (Å²) in [5.41, 5.74) is 0.879. The number of rotatable bonds is 3. The van der Waals surface area contributed by atoms with Gasteiger partial charge in [-0.2, -0.15) is 0 Å². The molecular weight excluding hydrogens is 216 g/mol. The molecule has 0 aliphatic heterocycles. The average Bonchev–Trinajstić information content (AvgIpc) is 2.79. The van der Waals surface area contributed by atoms with Crippen LogP contribution in [-0.2, 0) is 0 Å². The normalized spacial score (nSPS) is 18.0. The molecule has 1 heterocycles. The smallest absolute Gasteiger partial charge is 0.270 e. The van der Waals surface area contributed by atoms with E-state index < -0.39 is 5.54 Å². The average molecular weight is 234 g/mol. The van der Waals surface area contributed by atoms with Crippen LogP contribution in [0.5, 0.6) is 0 Å². The SMILES string of the molecule is Cc1cccnc1C(=O)NC1(CO)CCCC1. The van der Waals surface area contributed by atoms with Gasteiger partial charge in [-0.1, -0.05) is 18.9 Å². The lowest BCUT2D eigenvalue weighted by atomic mass is 9.98. The maximum absolute atomic E-state index is 12.1. The summed E-state index contributed by atoms with van der Waals surface area (Å²) in [6.07, 6.45) is 5.43. The minimum Gasteiger partial charge on any atom is -0.394 e. The van der Waals surface area contributed by atoms with Gasteiger partial charge in [0.05, 0.1) is 12.1 Å². The number of pyridine rings is 1. The lowest BCUT2D eigenvalue weighted by Gasteiger charge is -2.27. The maximum Gasteiger partial charge on any atom is 0.270 e. The maximum atomic E-state index is 12.1. The van der Waals surface area contributed by atoms with E-state index in [4.69, 9.17) is 0 Å². The molecule has 1 aromatic heterocycles. The second-order valence-corrected chi connectivity index (χ2v) is 4.77. The van der Waals surface area contributed by atoms with Crippen molar-refractivity contribution in [3.8, 4) is 0 Å². The fraction of sp³-hybridized carbons (Fsp3) is 0.538. The number of aromatic nitrogens is 1. The zero-order valence-corrected chi connectivity index (χ0v) is 10.1. The zero-order valence-electron chi connectivity index (χ0n) is 10.1. The Kier molecular flexibility index (Phi) is 3.43. The Morgan fingerprint density at radius 3 is 2.82 bits per heavy atom. The third-order valence-electron chi connectivity index (χ3n) is 3.47. The van der Waals surface area contributed by atoms with Gasteiger partial charge in [-0.25, -0.2) is 0 Å². The van der Waals surface area contributed by atoms with Crippen LogP contribution >= 0.6 is 0 Å². The molecule has 4 heteroatoms. The lowest BCUT2D eigenvalue weighted by molar-refractivity contribution is 0.0833. The van der Waals surface area contributed by atoms with Gasteiger partial charge in [-0.15, -0.1) is 0 Å². The molecule has 0 bridgehead atoms. The number of aliphatic hydroxyl groups is 1. The molecule has 0 saturated heterocycles. The van der Waals surface area contributed by atoms with Crippen molar-refractivity contribution < 1.29 is 9.90 Å². The molecule has 4 nitrogen and oxygen atoms in total. The fourth-order valence-corrected chi connectivity index (χ4v) is 2.40. The molecule has 17 heavy (non-hydrogen) atoms. The van der Waals surface area contributed by atoms with Crippen molar-refractivity contribution in [2.75, 3.05) is 6.61 Å². The van der Waals surface area contributed by atoms with Crippen LogP contribution in [0.2, 0.25) is 0 Å².